The second-order valence-corrected chi connectivity index (χ2v) is 7.17. The van der Waals surface area contributed by atoms with Gasteiger partial charge >= 0.3 is 0 Å². The molecule has 3 aromatic heterocycles. The van der Waals surface area contributed by atoms with E-state index in [1.807, 2.05) is 43.9 Å². The number of aromatic nitrogens is 6. The molecule has 27 heavy (non-hydrogen) atoms. The summed E-state index contributed by atoms with van der Waals surface area (Å²) in [5.41, 5.74) is 4.22. The van der Waals surface area contributed by atoms with E-state index >= 15 is 0 Å². The molecule has 0 bridgehead atoms. The molecule has 140 valence electrons. The maximum Gasteiger partial charge on any atom is 0.224 e. The van der Waals surface area contributed by atoms with E-state index in [-0.39, 0.29) is 17.9 Å². The Morgan fingerprint density at radius 2 is 2.30 bits per heavy atom. The van der Waals surface area contributed by atoms with Crippen molar-refractivity contribution in [2.45, 2.75) is 39.2 Å². The SMILES string of the molecule is Cc1ccnc(-c2n[nH]c(C(C)NC(=O)C3CCc4cnn(C)c4C3)n2)c1. The molecule has 1 amide bonds. The Labute approximate surface area is 157 Å². The minimum Gasteiger partial charge on any atom is -0.346 e. The molecule has 1 aliphatic rings. The molecule has 0 saturated heterocycles. The summed E-state index contributed by atoms with van der Waals surface area (Å²) in [6, 6.07) is 3.61. The van der Waals surface area contributed by atoms with Crippen LogP contribution >= 0.6 is 0 Å². The van der Waals surface area contributed by atoms with Crippen LogP contribution in [0.25, 0.3) is 11.5 Å². The van der Waals surface area contributed by atoms with Gasteiger partial charge in [-0.2, -0.15) is 10.2 Å². The van der Waals surface area contributed by atoms with Crippen molar-refractivity contribution in [3.05, 3.63) is 47.2 Å². The molecule has 0 spiro atoms. The number of aryl methyl sites for hydroxylation is 3. The highest BCUT2D eigenvalue weighted by molar-refractivity contribution is 5.79. The van der Waals surface area contributed by atoms with E-state index in [0.29, 0.717) is 17.3 Å². The van der Waals surface area contributed by atoms with Crippen molar-refractivity contribution in [3.63, 3.8) is 0 Å². The highest BCUT2D eigenvalue weighted by atomic mass is 16.1. The van der Waals surface area contributed by atoms with E-state index in [4.69, 9.17) is 0 Å². The van der Waals surface area contributed by atoms with Gasteiger partial charge in [0.15, 0.2) is 5.82 Å². The van der Waals surface area contributed by atoms with Gasteiger partial charge in [-0.1, -0.05) is 0 Å². The average molecular weight is 365 g/mol. The van der Waals surface area contributed by atoms with Gasteiger partial charge in [0.05, 0.1) is 12.2 Å². The van der Waals surface area contributed by atoms with Gasteiger partial charge in [-0.05, 0) is 49.9 Å². The summed E-state index contributed by atoms with van der Waals surface area (Å²) in [6.45, 7) is 3.91. The molecule has 1 aliphatic carbocycles. The molecule has 0 fully saturated rings. The van der Waals surface area contributed by atoms with Crippen LogP contribution in [0, 0.1) is 12.8 Å². The molecule has 2 unspecified atom stereocenters. The van der Waals surface area contributed by atoms with Gasteiger partial charge in [0.2, 0.25) is 5.91 Å². The van der Waals surface area contributed by atoms with Crippen molar-refractivity contribution in [2.24, 2.45) is 13.0 Å². The number of aromatic amines is 1. The first-order valence-corrected chi connectivity index (χ1v) is 9.16. The second kappa shape index (κ2) is 6.94. The number of hydrogen-bond donors (Lipinski definition) is 2. The minimum absolute atomic E-state index is 0.0426. The Hall–Kier alpha value is -3.03. The van der Waals surface area contributed by atoms with Crippen LogP contribution in [0.2, 0.25) is 0 Å². The second-order valence-electron chi connectivity index (χ2n) is 7.17. The Kier molecular flexibility index (Phi) is 4.47. The molecule has 8 nitrogen and oxygen atoms in total. The summed E-state index contributed by atoms with van der Waals surface area (Å²) >= 11 is 0. The first kappa shape index (κ1) is 17.4. The van der Waals surface area contributed by atoms with E-state index in [1.165, 1.54) is 5.56 Å². The van der Waals surface area contributed by atoms with E-state index in [2.05, 4.69) is 30.6 Å². The number of rotatable bonds is 4. The summed E-state index contributed by atoms with van der Waals surface area (Å²) in [5.74, 6) is 1.16. The topological polar surface area (TPSA) is 101 Å². The van der Waals surface area contributed by atoms with Gasteiger partial charge in [-0.15, -0.1) is 0 Å². The normalized spacial score (nSPS) is 17.4. The number of amides is 1. The lowest BCUT2D eigenvalue weighted by atomic mass is 9.87. The molecule has 2 N–H and O–H groups in total. The zero-order chi connectivity index (χ0) is 19.0. The molecule has 4 rings (SSSR count). The smallest absolute Gasteiger partial charge is 0.224 e. The third-order valence-electron chi connectivity index (χ3n) is 5.14. The van der Waals surface area contributed by atoms with Crippen molar-refractivity contribution in [3.8, 4) is 11.5 Å². The van der Waals surface area contributed by atoms with Gasteiger partial charge in [0.1, 0.15) is 11.5 Å². The van der Waals surface area contributed by atoms with E-state index in [9.17, 15) is 4.79 Å². The largest absolute Gasteiger partial charge is 0.346 e. The highest BCUT2D eigenvalue weighted by Gasteiger charge is 2.28. The van der Waals surface area contributed by atoms with Crippen LogP contribution < -0.4 is 5.32 Å². The van der Waals surface area contributed by atoms with Gasteiger partial charge < -0.3 is 5.32 Å². The summed E-state index contributed by atoms with van der Waals surface area (Å²) in [4.78, 5) is 21.5. The molecule has 3 heterocycles. The van der Waals surface area contributed by atoms with Crippen molar-refractivity contribution in [1.29, 1.82) is 0 Å². The highest BCUT2D eigenvalue weighted by Crippen LogP contribution is 2.26. The van der Waals surface area contributed by atoms with Crippen LogP contribution in [0.3, 0.4) is 0 Å². The van der Waals surface area contributed by atoms with Crippen molar-refractivity contribution in [1.82, 2.24) is 35.3 Å². The number of nitrogens with one attached hydrogen (secondary N) is 2. The lowest BCUT2D eigenvalue weighted by Crippen LogP contribution is -2.36. The van der Waals surface area contributed by atoms with Crippen LogP contribution in [-0.4, -0.2) is 35.9 Å². The third kappa shape index (κ3) is 3.47. The van der Waals surface area contributed by atoms with Gasteiger partial charge in [-0.3, -0.25) is 19.6 Å². The first-order chi connectivity index (χ1) is 13.0. The first-order valence-electron chi connectivity index (χ1n) is 9.16. The van der Waals surface area contributed by atoms with Crippen LogP contribution in [0.15, 0.2) is 24.5 Å². The summed E-state index contributed by atoms with van der Waals surface area (Å²) in [6.07, 6.45) is 6.09. The van der Waals surface area contributed by atoms with Crippen LogP contribution in [0.4, 0.5) is 0 Å². The number of nitrogens with zero attached hydrogens (tertiary/aromatic N) is 5. The number of hydrogen-bond acceptors (Lipinski definition) is 5. The lowest BCUT2D eigenvalue weighted by molar-refractivity contribution is -0.126. The zero-order valence-corrected chi connectivity index (χ0v) is 15.7. The third-order valence-corrected chi connectivity index (χ3v) is 5.14. The van der Waals surface area contributed by atoms with Gasteiger partial charge in [-0.25, -0.2) is 4.98 Å². The fraction of sp³-hybridized carbons (Fsp3) is 0.421. The summed E-state index contributed by atoms with van der Waals surface area (Å²) in [5, 5.41) is 14.5. The van der Waals surface area contributed by atoms with Crippen LogP contribution in [0.5, 0.6) is 0 Å². The molecule has 0 radical (unpaired) electrons. The summed E-state index contributed by atoms with van der Waals surface area (Å²) < 4.78 is 1.87. The maximum absolute atomic E-state index is 12.7. The van der Waals surface area contributed by atoms with Gasteiger partial charge in [0.25, 0.3) is 0 Å². The quantitative estimate of drug-likeness (QED) is 0.735. The molecule has 2 atom stereocenters. The maximum atomic E-state index is 12.7. The van der Waals surface area contributed by atoms with Crippen molar-refractivity contribution >= 4 is 5.91 Å². The molecule has 0 saturated carbocycles. The molecule has 0 aromatic carbocycles. The summed E-state index contributed by atoms with van der Waals surface area (Å²) in [7, 11) is 1.93. The minimum atomic E-state index is -0.253. The number of carbonyl (C=O) groups excluding carboxylic acids is 1. The van der Waals surface area contributed by atoms with Crippen molar-refractivity contribution in [2.75, 3.05) is 0 Å². The van der Waals surface area contributed by atoms with E-state index in [0.717, 1.165) is 30.5 Å². The zero-order valence-electron chi connectivity index (χ0n) is 15.7. The lowest BCUT2D eigenvalue weighted by Gasteiger charge is -2.23. The molecular formula is C19H23N7O. The number of H-pyrrole nitrogens is 1. The predicted molar refractivity (Wildman–Crippen MR) is 99.6 cm³/mol. The molecular weight excluding hydrogens is 342 g/mol. The Morgan fingerprint density at radius 3 is 3.11 bits per heavy atom. The molecule has 3 aromatic rings. The fourth-order valence-electron chi connectivity index (χ4n) is 3.51. The number of fused-ring (bicyclic) bond motifs is 1. The van der Waals surface area contributed by atoms with Crippen LogP contribution in [0.1, 0.15) is 42.0 Å². The molecule has 8 heteroatoms. The number of carbonyl (C=O) groups is 1. The average Bonchev–Trinajstić information content (AvgIpc) is 3.29. The fourth-order valence-corrected chi connectivity index (χ4v) is 3.51. The number of pyridine rings is 1. The van der Waals surface area contributed by atoms with Gasteiger partial charge in [0, 0.05) is 31.3 Å². The van der Waals surface area contributed by atoms with Crippen LogP contribution in [-0.2, 0) is 24.7 Å². The Bertz CT molecular complexity index is 974. The van der Waals surface area contributed by atoms with E-state index < -0.39 is 0 Å². The molecule has 0 aliphatic heterocycles. The monoisotopic (exact) mass is 365 g/mol. The van der Waals surface area contributed by atoms with E-state index in [1.54, 1.807) is 6.20 Å². The Balaban J connectivity index is 1.43. The predicted octanol–water partition coefficient (Wildman–Crippen LogP) is 1.89. The standard InChI is InChI=1S/C19H23N7O/c1-11-6-7-20-15(8-11)18-23-17(24-25-18)12(2)22-19(27)13-4-5-14-10-21-26(3)16(14)9-13/h6-8,10,12-13H,4-5,9H2,1-3H3,(H,22,27)(H,23,24,25). The Morgan fingerprint density at radius 1 is 1.44 bits per heavy atom. The van der Waals surface area contributed by atoms with Crippen molar-refractivity contribution < 1.29 is 4.79 Å².